The normalized spacial score (nSPS) is 24.4. The minimum Gasteiger partial charge on any atom is -0.496 e. The Morgan fingerprint density at radius 3 is 2.60 bits per heavy atom. The van der Waals surface area contributed by atoms with Gasteiger partial charge in [0.15, 0.2) is 11.2 Å². The van der Waals surface area contributed by atoms with Crippen LogP contribution in [0.2, 0.25) is 0 Å². The molecule has 106 valence electrons. The summed E-state index contributed by atoms with van der Waals surface area (Å²) >= 11 is 0. The maximum Gasteiger partial charge on any atom is 0.328 e. The minimum atomic E-state index is -1.39. The average Bonchev–Trinajstić information content (AvgIpc) is 2.59. The lowest BCUT2D eigenvalue weighted by Crippen LogP contribution is -2.38. The van der Waals surface area contributed by atoms with Gasteiger partial charge in [0.1, 0.15) is 5.76 Å². The van der Waals surface area contributed by atoms with E-state index in [1.165, 1.54) is 7.11 Å². The standard InChI is InChI=1S/C16H18O4/c1-4-11-13(19-3)12-9-7-6-8-10-16(12,14(11)17)15(18)20-5-2/h6-10H,4-5H2,1-3H3/t16-/m0/s1. The van der Waals surface area contributed by atoms with Crippen LogP contribution in [-0.4, -0.2) is 25.5 Å². The summed E-state index contributed by atoms with van der Waals surface area (Å²) in [5.41, 5.74) is -0.298. The number of rotatable bonds is 4. The molecule has 0 radical (unpaired) electrons. The Kier molecular flexibility index (Phi) is 3.93. The summed E-state index contributed by atoms with van der Waals surface area (Å²) in [6.45, 7) is 3.82. The van der Waals surface area contributed by atoms with Gasteiger partial charge in [-0.1, -0.05) is 37.3 Å². The van der Waals surface area contributed by atoms with Gasteiger partial charge in [0.05, 0.1) is 13.7 Å². The molecular formula is C16H18O4. The molecule has 0 fully saturated rings. The van der Waals surface area contributed by atoms with Gasteiger partial charge in [0, 0.05) is 11.1 Å². The highest BCUT2D eigenvalue weighted by molar-refractivity contribution is 6.20. The van der Waals surface area contributed by atoms with Crippen molar-refractivity contribution in [2.45, 2.75) is 20.3 Å². The minimum absolute atomic E-state index is 0.228. The molecule has 0 saturated carbocycles. The first-order chi connectivity index (χ1) is 9.63. The quantitative estimate of drug-likeness (QED) is 0.584. The van der Waals surface area contributed by atoms with Gasteiger partial charge in [-0.3, -0.25) is 9.59 Å². The van der Waals surface area contributed by atoms with Gasteiger partial charge in [0.2, 0.25) is 0 Å². The molecule has 0 unspecified atom stereocenters. The van der Waals surface area contributed by atoms with E-state index in [1.54, 1.807) is 37.3 Å². The zero-order valence-electron chi connectivity index (χ0n) is 11.9. The van der Waals surface area contributed by atoms with Gasteiger partial charge in [-0.15, -0.1) is 0 Å². The summed E-state index contributed by atoms with van der Waals surface area (Å²) in [6.07, 6.45) is 9.12. The van der Waals surface area contributed by atoms with Crippen LogP contribution in [0.25, 0.3) is 0 Å². The fourth-order valence-electron chi connectivity index (χ4n) is 2.66. The largest absolute Gasteiger partial charge is 0.496 e. The highest BCUT2D eigenvalue weighted by Gasteiger charge is 2.56. The molecule has 0 aromatic carbocycles. The molecule has 0 aromatic heterocycles. The Labute approximate surface area is 118 Å². The number of carbonyl (C=O) groups excluding carboxylic acids is 2. The molecule has 0 aromatic rings. The van der Waals surface area contributed by atoms with E-state index in [2.05, 4.69) is 0 Å². The number of ketones is 1. The van der Waals surface area contributed by atoms with E-state index in [1.807, 2.05) is 6.92 Å². The number of allylic oxidation sites excluding steroid dienone is 6. The second kappa shape index (κ2) is 5.49. The fourth-order valence-corrected chi connectivity index (χ4v) is 2.66. The lowest BCUT2D eigenvalue weighted by molar-refractivity contribution is -0.153. The number of hydrogen-bond acceptors (Lipinski definition) is 4. The van der Waals surface area contributed by atoms with Crippen LogP contribution in [-0.2, 0) is 19.1 Å². The van der Waals surface area contributed by atoms with Crippen LogP contribution in [0.5, 0.6) is 0 Å². The van der Waals surface area contributed by atoms with Gasteiger partial charge >= 0.3 is 5.97 Å². The van der Waals surface area contributed by atoms with E-state index in [4.69, 9.17) is 9.47 Å². The summed E-state index contributed by atoms with van der Waals surface area (Å²) < 4.78 is 10.5. The summed E-state index contributed by atoms with van der Waals surface area (Å²) in [5, 5.41) is 0. The van der Waals surface area contributed by atoms with E-state index >= 15 is 0 Å². The molecule has 4 heteroatoms. The predicted molar refractivity (Wildman–Crippen MR) is 74.8 cm³/mol. The molecular weight excluding hydrogens is 256 g/mol. The van der Waals surface area contributed by atoms with E-state index in [0.29, 0.717) is 23.3 Å². The molecule has 0 spiro atoms. The van der Waals surface area contributed by atoms with Crippen molar-refractivity contribution in [3.8, 4) is 0 Å². The summed E-state index contributed by atoms with van der Waals surface area (Å²) in [4.78, 5) is 25.2. The monoisotopic (exact) mass is 274 g/mol. The number of ether oxygens (including phenoxy) is 2. The van der Waals surface area contributed by atoms with Gasteiger partial charge in [-0.05, 0) is 13.3 Å². The summed E-state index contributed by atoms with van der Waals surface area (Å²) in [5.74, 6) is -0.308. The molecule has 1 atom stereocenters. The van der Waals surface area contributed by atoms with Crippen molar-refractivity contribution >= 4 is 11.8 Å². The molecule has 20 heavy (non-hydrogen) atoms. The molecule has 0 N–H and O–H groups in total. The molecule has 0 aliphatic heterocycles. The van der Waals surface area contributed by atoms with Crippen LogP contribution in [0.1, 0.15) is 20.3 Å². The highest BCUT2D eigenvalue weighted by atomic mass is 16.5. The van der Waals surface area contributed by atoms with Crippen LogP contribution in [0, 0.1) is 5.41 Å². The van der Waals surface area contributed by atoms with Crippen LogP contribution in [0.15, 0.2) is 47.3 Å². The lowest BCUT2D eigenvalue weighted by Gasteiger charge is -2.23. The first-order valence-corrected chi connectivity index (χ1v) is 6.69. The summed E-state index contributed by atoms with van der Waals surface area (Å²) in [7, 11) is 1.51. The fraction of sp³-hybridized carbons (Fsp3) is 0.375. The molecule has 0 saturated heterocycles. The first-order valence-electron chi connectivity index (χ1n) is 6.69. The van der Waals surface area contributed by atoms with E-state index in [-0.39, 0.29) is 12.4 Å². The second-order valence-electron chi connectivity index (χ2n) is 4.55. The molecule has 2 rings (SSSR count). The Morgan fingerprint density at radius 1 is 1.25 bits per heavy atom. The zero-order valence-corrected chi connectivity index (χ0v) is 11.9. The Hall–Kier alpha value is -2.10. The third-order valence-electron chi connectivity index (χ3n) is 3.56. The van der Waals surface area contributed by atoms with Crippen LogP contribution in [0.4, 0.5) is 0 Å². The van der Waals surface area contributed by atoms with Crippen molar-refractivity contribution in [3.05, 3.63) is 47.3 Å². The highest BCUT2D eigenvalue weighted by Crippen LogP contribution is 2.47. The number of esters is 1. The maximum atomic E-state index is 12.8. The first kappa shape index (κ1) is 14.3. The zero-order chi connectivity index (χ0) is 14.8. The SMILES string of the molecule is CCOC(=O)[C@@]12C=CC=CC=C1C(OC)=C(CC)C2=O. The maximum absolute atomic E-state index is 12.8. The number of carbonyl (C=O) groups is 2. The van der Waals surface area contributed by atoms with Crippen molar-refractivity contribution in [1.29, 1.82) is 0 Å². The Bertz CT molecular complexity index is 563. The smallest absolute Gasteiger partial charge is 0.328 e. The van der Waals surface area contributed by atoms with E-state index < -0.39 is 11.4 Å². The van der Waals surface area contributed by atoms with Gasteiger partial charge in [-0.25, -0.2) is 0 Å². The Morgan fingerprint density at radius 2 is 2.00 bits per heavy atom. The number of hydrogen-bond donors (Lipinski definition) is 0. The number of fused-ring (bicyclic) bond motifs is 1. The van der Waals surface area contributed by atoms with Gasteiger partial charge in [0.25, 0.3) is 0 Å². The van der Waals surface area contributed by atoms with E-state index in [0.717, 1.165) is 0 Å². The predicted octanol–water partition coefficient (Wildman–Crippen LogP) is 2.48. The van der Waals surface area contributed by atoms with Crippen molar-refractivity contribution in [2.75, 3.05) is 13.7 Å². The van der Waals surface area contributed by atoms with Gasteiger partial charge < -0.3 is 9.47 Å². The van der Waals surface area contributed by atoms with Crippen LogP contribution >= 0.6 is 0 Å². The van der Waals surface area contributed by atoms with Crippen molar-refractivity contribution < 1.29 is 19.1 Å². The third kappa shape index (κ3) is 1.83. The number of Topliss-reactive ketones (excluding diaryl/α,β-unsaturated/α-hetero) is 1. The molecule has 0 heterocycles. The van der Waals surface area contributed by atoms with Crippen LogP contribution < -0.4 is 0 Å². The average molecular weight is 274 g/mol. The lowest BCUT2D eigenvalue weighted by atomic mass is 9.79. The third-order valence-corrected chi connectivity index (χ3v) is 3.56. The summed E-state index contributed by atoms with van der Waals surface area (Å²) in [6, 6.07) is 0. The molecule has 2 aliphatic carbocycles. The molecule has 0 amide bonds. The van der Waals surface area contributed by atoms with E-state index in [9.17, 15) is 9.59 Å². The molecule has 2 aliphatic rings. The van der Waals surface area contributed by atoms with Gasteiger partial charge in [-0.2, -0.15) is 0 Å². The molecule has 0 bridgehead atoms. The molecule has 4 nitrogen and oxygen atoms in total. The Balaban J connectivity index is 2.65. The van der Waals surface area contributed by atoms with Crippen LogP contribution in [0.3, 0.4) is 0 Å². The van der Waals surface area contributed by atoms with Crippen molar-refractivity contribution in [1.82, 2.24) is 0 Å². The van der Waals surface area contributed by atoms with Crippen molar-refractivity contribution in [3.63, 3.8) is 0 Å². The number of methoxy groups -OCH3 is 1. The second-order valence-corrected chi connectivity index (χ2v) is 4.55. The topological polar surface area (TPSA) is 52.6 Å². The van der Waals surface area contributed by atoms with Crippen molar-refractivity contribution in [2.24, 2.45) is 5.41 Å².